The second-order valence-corrected chi connectivity index (χ2v) is 8.94. The topological polar surface area (TPSA) is 49.3 Å². The number of likely N-dealkylation sites (N-methyl/N-ethyl adjacent to an activating group) is 1. The van der Waals surface area contributed by atoms with Gasteiger partial charge in [0.25, 0.3) is 0 Å². The molecule has 2 atom stereocenters. The Morgan fingerprint density at radius 2 is 1.87 bits per heavy atom. The number of guanidine groups is 1. The van der Waals surface area contributed by atoms with Crippen molar-refractivity contribution >= 4 is 29.9 Å². The highest BCUT2D eigenvalue weighted by atomic mass is 127. The first-order chi connectivity index (χ1) is 14.1. The van der Waals surface area contributed by atoms with E-state index in [1.165, 1.54) is 19.3 Å². The summed E-state index contributed by atoms with van der Waals surface area (Å²) >= 11 is 0. The Hall–Kier alpha value is -0.120. The minimum Gasteiger partial charge on any atom is -0.376 e. The average molecular weight is 539 g/mol. The summed E-state index contributed by atoms with van der Waals surface area (Å²) in [6, 6.07) is 0.554. The van der Waals surface area contributed by atoms with Crippen LogP contribution < -0.4 is 5.32 Å². The molecule has 2 unspecified atom stereocenters. The molecule has 1 N–H and O–H groups in total. The zero-order chi connectivity index (χ0) is 21.1. The van der Waals surface area contributed by atoms with Crippen molar-refractivity contribution < 1.29 is 9.47 Å². The molecule has 0 amide bonds. The van der Waals surface area contributed by atoms with Gasteiger partial charge in [-0.1, -0.05) is 27.7 Å². The van der Waals surface area contributed by atoms with Crippen LogP contribution in [0.3, 0.4) is 0 Å². The molecule has 0 aromatic carbocycles. The number of piperidine rings is 1. The molecule has 6 nitrogen and oxygen atoms in total. The summed E-state index contributed by atoms with van der Waals surface area (Å²) in [7, 11) is 1.90. The maximum atomic E-state index is 6.17. The molecule has 0 saturated carbocycles. The quantitative estimate of drug-likeness (QED) is 0.259. The van der Waals surface area contributed by atoms with E-state index in [4.69, 9.17) is 9.47 Å². The van der Waals surface area contributed by atoms with Gasteiger partial charge < -0.3 is 19.7 Å². The summed E-state index contributed by atoms with van der Waals surface area (Å²) in [6.45, 7) is 16.0. The van der Waals surface area contributed by atoms with Crippen LogP contribution in [-0.4, -0.2) is 87.0 Å². The van der Waals surface area contributed by atoms with Crippen molar-refractivity contribution in [2.24, 2.45) is 10.9 Å². The van der Waals surface area contributed by atoms with Crippen molar-refractivity contribution in [3.05, 3.63) is 0 Å². The highest BCUT2D eigenvalue weighted by molar-refractivity contribution is 14.0. The van der Waals surface area contributed by atoms with Gasteiger partial charge in [-0.25, -0.2) is 0 Å². The molecule has 0 aromatic rings. The van der Waals surface area contributed by atoms with E-state index in [1.54, 1.807) is 0 Å². The van der Waals surface area contributed by atoms with Gasteiger partial charge in [0.1, 0.15) is 0 Å². The standard InChI is InChI=1S/C23H46N4O2.HI/c1-6-26(7-2)20(16-19(3)4)17-25-23(24-5)27-13-11-21(12-14-27)29-18-22-10-8-9-15-28-22;/h19-22H,6-18H2,1-5H3,(H,24,25);1H. The lowest BCUT2D eigenvalue weighted by atomic mass is 10.0. The monoisotopic (exact) mass is 538 g/mol. The number of ether oxygens (including phenoxy) is 2. The Balaban J connectivity index is 0.00000450. The molecule has 2 saturated heterocycles. The fraction of sp³-hybridized carbons (Fsp3) is 0.957. The van der Waals surface area contributed by atoms with Gasteiger partial charge in [-0.15, -0.1) is 24.0 Å². The lowest BCUT2D eigenvalue weighted by Gasteiger charge is -2.36. The number of aliphatic imine (C=N–C) groups is 1. The number of halogens is 1. The van der Waals surface area contributed by atoms with Crippen molar-refractivity contribution in [1.82, 2.24) is 15.1 Å². The van der Waals surface area contributed by atoms with Gasteiger partial charge in [0.15, 0.2) is 5.96 Å². The van der Waals surface area contributed by atoms with Gasteiger partial charge in [-0.2, -0.15) is 0 Å². The van der Waals surface area contributed by atoms with Crippen molar-refractivity contribution in [2.75, 3.05) is 53.0 Å². The molecule has 0 radical (unpaired) electrons. The molecule has 2 aliphatic heterocycles. The Morgan fingerprint density at radius 3 is 2.40 bits per heavy atom. The molecule has 2 rings (SSSR count). The number of hydrogen-bond acceptors (Lipinski definition) is 4. The van der Waals surface area contributed by atoms with Gasteiger partial charge >= 0.3 is 0 Å². The van der Waals surface area contributed by atoms with E-state index < -0.39 is 0 Å². The first kappa shape index (κ1) is 27.9. The summed E-state index contributed by atoms with van der Waals surface area (Å²) < 4.78 is 12.0. The predicted molar refractivity (Wildman–Crippen MR) is 137 cm³/mol. The number of rotatable bonds is 10. The zero-order valence-corrected chi connectivity index (χ0v) is 22.4. The van der Waals surface area contributed by atoms with E-state index >= 15 is 0 Å². The van der Waals surface area contributed by atoms with Crippen molar-refractivity contribution in [1.29, 1.82) is 0 Å². The lowest BCUT2D eigenvalue weighted by Crippen LogP contribution is -2.51. The van der Waals surface area contributed by atoms with E-state index in [0.717, 1.165) is 71.2 Å². The summed E-state index contributed by atoms with van der Waals surface area (Å²) in [5.41, 5.74) is 0. The maximum absolute atomic E-state index is 6.17. The molecule has 7 heteroatoms. The second-order valence-electron chi connectivity index (χ2n) is 8.94. The Labute approximate surface area is 202 Å². The van der Waals surface area contributed by atoms with Crippen LogP contribution in [0.2, 0.25) is 0 Å². The summed E-state index contributed by atoms with van der Waals surface area (Å²) in [6.07, 6.45) is 7.66. The third-order valence-electron chi connectivity index (χ3n) is 6.31. The van der Waals surface area contributed by atoms with Gasteiger partial charge in [0, 0.05) is 39.3 Å². The van der Waals surface area contributed by atoms with Gasteiger partial charge in [-0.05, 0) is 57.5 Å². The van der Waals surface area contributed by atoms with Crippen LogP contribution in [0.1, 0.15) is 66.2 Å². The number of hydrogen-bond donors (Lipinski definition) is 1. The molecule has 2 fully saturated rings. The first-order valence-corrected chi connectivity index (χ1v) is 12.0. The van der Waals surface area contributed by atoms with Crippen LogP contribution in [0.15, 0.2) is 4.99 Å². The van der Waals surface area contributed by atoms with Crippen LogP contribution in [0.5, 0.6) is 0 Å². The van der Waals surface area contributed by atoms with Crippen LogP contribution in [0.4, 0.5) is 0 Å². The van der Waals surface area contributed by atoms with Gasteiger partial charge in [-0.3, -0.25) is 9.89 Å². The van der Waals surface area contributed by atoms with Crippen molar-refractivity contribution in [2.45, 2.75) is 84.5 Å². The molecule has 0 bridgehead atoms. The zero-order valence-electron chi connectivity index (χ0n) is 20.1. The third kappa shape index (κ3) is 9.57. The molecule has 0 aliphatic carbocycles. The Bertz CT molecular complexity index is 460. The largest absolute Gasteiger partial charge is 0.376 e. The van der Waals surface area contributed by atoms with Crippen LogP contribution in [0.25, 0.3) is 0 Å². The molecule has 178 valence electrons. The van der Waals surface area contributed by atoms with Crippen molar-refractivity contribution in [3.63, 3.8) is 0 Å². The van der Waals surface area contributed by atoms with Crippen LogP contribution in [0, 0.1) is 5.92 Å². The molecule has 0 spiro atoms. The predicted octanol–water partition coefficient (Wildman–Crippen LogP) is 3.99. The fourth-order valence-corrected chi connectivity index (χ4v) is 4.60. The fourth-order valence-electron chi connectivity index (χ4n) is 4.60. The molecule has 2 heterocycles. The van der Waals surface area contributed by atoms with Gasteiger partial charge in [0.2, 0.25) is 0 Å². The van der Waals surface area contributed by atoms with E-state index in [-0.39, 0.29) is 24.0 Å². The van der Waals surface area contributed by atoms with Gasteiger partial charge in [0.05, 0.1) is 18.8 Å². The summed E-state index contributed by atoms with van der Waals surface area (Å²) in [5.74, 6) is 1.74. The lowest BCUT2D eigenvalue weighted by molar-refractivity contribution is -0.0721. The normalized spacial score (nSPS) is 22.3. The molecule has 0 aromatic heterocycles. The Kier molecular flexibility index (Phi) is 14.6. The number of nitrogens with one attached hydrogen (secondary N) is 1. The summed E-state index contributed by atoms with van der Waals surface area (Å²) in [4.78, 5) is 9.53. The Morgan fingerprint density at radius 1 is 1.17 bits per heavy atom. The minimum absolute atomic E-state index is 0. The van der Waals surface area contributed by atoms with E-state index in [0.29, 0.717) is 24.2 Å². The first-order valence-electron chi connectivity index (χ1n) is 12.0. The van der Waals surface area contributed by atoms with E-state index in [9.17, 15) is 0 Å². The number of nitrogens with zero attached hydrogens (tertiary/aromatic N) is 3. The van der Waals surface area contributed by atoms with Crippen LogP contribution >= 0.6 is 24.0 Å². The molecule has 2 aliphatic rings. The minimum atomic E-state index is 0. The summed E-state index contributed by atoms with van der Waals surface area (Å²) in [5, 5.41) is 3.67. The second kappa shape index (κ2) is 15.6. The van der Waals surface area contributed by atoms with E-state index in [1.807, 2.05) is 7.05 Å². The van der Waals surface area contributed by atoms with Crippen molar-refractivity contribution in [3.8, 4) is 0 Å². The van der Waals surface area contributed by atoms with E-state index in [2.05, 4.69) is 47.8 Å². The molecular weight excluding hydrogens is 491 g/mol. The molecule has 30 heavy (non-hydrogen) atoms. The highest BCUT2D eigenvalue weighted by Crippen LogP contribution is 2.18. The highest BCUT2D eigenvalue weighted by Gasteiger charge is 2.25. The maximum Gasteiger partial charge on any atom is 0.193 e. The average Bonchev–Trinajstić information content (AvgIpc) is 2.74. The SMILES string of the molecule is CCN(CC)C(CNC(=NC)N1CCC(OCC2CCCCO2)CC1)CC(C)C.I. The number of likely N-dealkylation sites (tertiary alicyclic amines) is 1. The third-order valence-corrected chi connectivity index (χ3v) is 6.31. The smallest absolute Gasteiger partial charge is 0.193 e. The molecular formula is C23H47IN4O2. The van der Waals surface area contributed by atoms with Crippen LogP contribution in [-0.2, 0) is 9.47 Å².